The summed E-state index contributed by atoms with van der Waals surface area (Å²) >= 11 is -1.91. The van der Waals surface area contributed by atoms with Crippen LogP contribution in [0.25, 0.3) is 0 Å². The van der Waals surface area contributed by atoms with E-state index in [9.17, 15) is 0 Å². The number of nitrogens with two attached hydrogens (primary N) is 1. The van der Waals surface area contributed by atoms with E-state index in [-0.39, 0.29) is 23.0 Å². The van der Waals surface area contributed by atoms with Gasteiger partial charge in [-0.2, -0.15) is 0 Å². The predicted molar refractivity (Wildman–Crippen MR) is 86.0 cm³/mol. The second-order valence-corrected chi connectivity index (χ2v) is 11.7. The first-order valence-corrected chi connectivity index (χ1v) is 11.0. The van der Waals surface area contributed by atoms with E-state index >= 15 is 0 Å². The second-order valence-electron chi connectivity index (χ2n) is 4.86. The summed E-state index contributed by atoms with van der Waals surface area (Å²) in [5.41, 5.74) is 7.32. The van der Waals surface area contributed by atoms with Crippen molar-refractivity contribution >= 4 is 40.7 Å². The van der Waals surface area contributed by atoms with Gasteiger partial charge in [-0.3, -0.25) is 0 Å². The Kier molecular flexibility index (Phi) is 9.56. The minimum atomic E-state index is -1.91. The molecule has 1 atom stereocenters. The van der Waals surface area contributed by atoms with Crippen LogP contribution >= 0.6 is 17.0 Å². The van der Waals surface area contributed by atoms with E-state index in [4.69, 9.17) is 8.81 Å². The van der Waals surface area contributed by atoms with Gasteiger partial charge >= 0.3 is 113 Å². The molecule has 1 rings (SSSR count). The molecule has 0 fully saturated rings. The molecule has 0 aliphatic carbocycles. The van der Waals surface area contributed by atoms with Crippen LogP contribution in [0.4, 0.5) is 0 Å². The van der Waals surface area contributed by atoms with Crippen molar-refractivity contribution in [3.63, 3.8) is 0 Å². The summed E-state index contributed by atoms with van der Waals surface area (Å²) in [6.45, 7) is 9.59. The van der Waals surface area contributed by atoms with Crippen molar-refractivity contribution in [3.05, 3.63) is 29.8 Å². The van der Waals surface area contributed by atoms with Crippen molar-refractivity contribution in [2.24, 2.45) is 11.7 Å². The van der Waals surface area contributed by atoms with Gasteiger partial charge in [0.05, 0.1) is 0 Å². The van der Waals surface area contributed by atoms with Gasteiger partial charge in [-0.15, -0.1) is 17.0 Å². The Labute approximate surface area is 129 Å². The van der Waals surface area contributed by atoms with Gasteiger partial charge in [-0.05, 0) is 0 Å². The fourth-order valence-electron chi connectivity index (χ4n) is 1.79. The van der Waals surface area contributed by atoms with Crippen LogP contribution in [0.15, 0.2) is 24.3 Å². The molecule has 0 spiro atoms. The molecule has 1 aromatic rings. The molecular formula is C14H25BrNOSn. The molecule has 1 aromatic carbocycles. The normalized spacial score (nSPS) is 12.6. The van der Waals surface area contributed by atoms with Gasteiger partial charge in [0.25, 0.3) is 0 Å². The van der Waals surface area contributed by atoms with E-state index in [0.29, 0.717) is 5.92 Å². The molecule has 0 heterocycles. The van der Waals surface area contributed by atoms with Gasteiger partial charge in [0.1, 0.15) is 0 Å². The summed E-state index contributed by atoms with van der Waals surface area (Å²) in [6, 6.07) is 8.65. The second kappa shape index (κ2) is 9.34. The van der Waals surface area contributed by atoms with Crippen molar-refractivity contribution < 1.29 is 3.07 Å². The average Bonchev–Trinajstić information content (AvgIpc) is 2.30. The third kappa shape index (κ3) is 5.59. The maximum atomic E-state index is 6.17. The summed E-state index contributed by atoms with van der Waals surface area (Å²) in [6.07, 6.45) is 0. The topological polar surface area (TPSA) is 35.2 Å². The first kappa shape index (κ1) is 18.4. The van der Waals surface area contributed by atoms with E-state index in [1.165, 1.54) is 13.6 Å². The summed E-state index contributed by atoms with van der Waals surface area (Å²) in [5.74, 6) is 0.611. The zero-order chi connectivity index (χ0) is 12.8. The number of halogens is 1. The number of benzene rings is 1. The van der Waals surface area contributed by atoms with Crippen LogP contribution in [0.1, 0.15) is 39.3 Å². The summed E-state index contributed by atoms with van der Waals surface area (Å²) < 4.78 is 8.79. The third-order valence-electron chi connectivity index (χ3n) is 2.66. The van der Waals surface area contributed by atoms with E-state index in [2.05, 4.69) is 52.0 Å². The fraction of sp³-hybridized carbons (Fsp3) is 0.571. The average molecular weight is 422 g/mol. The Morgan fingerprint density at radius 1 is 1.22 bits per heavy atom. The zero-order valence-electron chi connectivity index (χ0n) is 11.8. The Bertz CT molecular complexity index is 344. The molecule has 0 aromatic heterocycles. The summed E-state index contributed by atoms with van der Waals surface area (Å²) in [7, 11) is 0. The van der Waals surface area contributed by atoms with Gasteiger partial charge in [0.15, 0.2) is 0 Å². The minimum absolute atomic E-state index is 0. The first-order chi connectivity index (χ1) is 8.06. The van der Waals surface area contributed by atoms with E-state index in [0.717, 1.165) is 6.61 Å². The molecule has 0 aliphatic heterocycles. The summed E-state index contributed by atoms with van der Waals surface area (Å²) in [5, 5.41) is 0. The molecule has 4 heteroatoms. The standard InChI is InChI=1S/C8H10N.C4H9O.C2H5.BrH.Sn/c1-7(9)8-5-3-2-4-6-8;1-4(2)3-5;1-2;;/h2-5,7H,9H2,1H3;4H,3H2,1-2H3;1H2,2H3;1H;/q;-1;;;+1. The van der Waals surface area contributed by atoms with E-state index in [1.54, 1.807) is 0 Å². The Balaban J connectivity index is 0.00000289. The molecule has 103 valence electrons. The van der Waals surface area contributed by atoms with Crippen molar-refractivity contribution in [3.8, 4) is 0 Å². The zero-order valence-corrected chi connectivity index (χ0v) is 16.3. The third-order valence-corrected chi connectivity index (χ3v) is 8.98. The van der Waals surface area contributed by atoms with E-state index in [1.807, 2.05) is 0 Å². The monoisotopic (exact) mass is 422 g/mol. The Hall–Kier alpha value is 0.419. The van der Waals surface area contributed by atoms with Crippen molar-refractivity contribution in [1.82, 2.24) is 0 Å². The molecule has 0 amide bonds. The molecule has 0 bridgehead atoms. The van der Waals surface area contributed by atoms with Crippen molar-refractivity contribution in [2.45, 2.75) is 38.2 Å². The molecule has 2 N–H and O–H groups in total. The van der Waals surface area contributed by atoms with Crippen LogP contribution < -0.4 is 9.31 Å². The number of hydrogen-bond acceptors (Lipinski definition) is 2. The van der Waals surface area contributed by atoms with Gasteiger partial charge in [0, 0.05) is 0 Å². The molecule has 2 nitrogen and oxygen atoms in total. The van der Waals surface area contributed by atoms with Gasteiger partial charge in [-0.25, -0.2) is 0 Å². The van der Waals surface area contributed by atoms with Gasteiger partial charge < -0.3 is 0 Å². The van der Waals surface area contributed by atoms with Crippen molar-refractivity contribution in [2.75, 3.05) is 6.61 Å². The molecule has 0 saturated carbocycles. The molecule has 0 aliphatic rings. The van der Waals surface area contributed by atoms with Crippen LogP contribution in [-0.2, 0) is 3.07 Å². The van der Waals surface area contributed by atoms with Crippen LogP contribution in [0.2, 0.25) is 4.44 Å². The van der Waals surface area contributed by atoms with Gasteiger partial charge in [-0.1, -0.05) is 0 Å². The number of hydrogen-bond donors (Lipinski definition) is 1. The summed E-state index contributed by atoms with van der Waals surface area (Å²) in [4.78, 5) is 0. The molecule has 18 heavy (non-hydrogen) atoms. The molecule has 0 saturated heterocycles. The fourth-order valence-corrected chi connectivity index (χ4v) is 8.04. The van der Waals surface area contributed by atoms with Crippen LogP contribution in [0, 0.1) is 5.92 Å². The first-order valence-electron chi connectivity index (χ1n) is 6.39. The van der Waals surface area contributed by atoms with Crippen LogP contribution in [0.5, 0.6) is 0 Å². The number of rotatable bonds is 6. The molecule has 1 unspecified atom stereocenters. The van der Waals surface area contributed by atoms with Crippen LogP contribution in [-0.4, -0.2) is 26.8 Å². The molecular weight excluding hydrogens is 397 g/mol. The Morgan fingerprint density at radius 2 is 1.83 bits per heavy atom. The maximum absolute atomic E-state index is 6.17. The van der Waals surface area contributed by atoms with Crippen molar-refractivity contribution in [1.29, 1.82) is 0 Å². The SMILES string of the molecule is Br.C[CH2][Sn]([O]CC(C)C)[c]1ccccc1C(C)N. The van der Waals surface area contributed by atoms with E-state index < -0.39 is 20.2 Å². The predicted octanol–water partition coefficient (Wildman–Crippen LogP) is 3.18. The Morgan fingerprint density at radius 3 is 2.33 bits per heavy atom. The molecule has 1 radical (unpaired) electrons. The van der Waals surface area contributed by atoms with Gasteiger partial charge in [0.2, 0.25) is 0 Å². The van der Waals surface area contributed by atoms with Crippen LogP contribution in [0.3, 0.4) is 0 Å². The quantitative estimate of drug-likeness (QED) is 0.716.